The Morgan fingerprint density at radius 2 is 1.94 bits per heavy atom. The molecule has 0 bridgehead atoms. The fourth-order valence-corrected chi connectivity index (χ4v) is 2.56. The van der Waals surface area contributed by atoms with Crippen LogP contribution in [0.4, 0.5) is 0 Å². The van der Waals surface area contributed by atoms with Crippen molar-refractivity contribution >= 4 is 11.9 Å². The molecule has 1 unspecified atom stereocenters. The Labute approximate surface area is 95.6 Å². The minimum absolute atomic E-state index is 0.0711. The molecule has 2 rings (SSSR count). The molecule has 0 radical (unpaired) electrons. The third-order valence-electron chi connectivity index (χ3n) is 3.76. The molecule has 1 aliphatic heterocycles. The Hall–Kier alpha value is -1.06. The minimum atomic E-state index is -0.819. The second-order valence-corrected chi connectivity index (χ2v) is 5.02. The van der Waals surface area contributed by atoms with Gasteiger partial charge in [-0.2, -0.15) is 0 Å². The average Bonchev–Trinajstić information content (AvgIpc) is 3.00. The summed E-state index contributed by atoms with van der Waals surface area (Å²) in [5.74, 6) is -1.40. The van der Waals surface area contributed by atoms with Crippen molar-refractivity contribution in [2.75, 3.05) is 6.54 Å². The van der Waals surface area contributed by atoms with Crippen molar-refractivity contribution < 1.29 is 14.7 Å². The van der Waals surface area contributed by atoms with Crippen LogP contribution in [0.5, 0.6) is 0 Å². The molecular formula is C12H19NO3. The first-order valence-corrected chi connectivity index (χ1v) is 6.14. The van der Waals surface area contributed by atoms with Crippen LogP contribution in [-0.4, -0.2) is 34.5 Å². The lowest BCUT2D eigenvalue weighted by Crippen LogP contribution is -2.39. The molecule has 0 spiro atoms. The van der Waals surface area contributed by atoms with Gasteiger partial charge in [0.25, 0.3) is 0 Å². The standard InChI is InChI=1S/C12H19NO3/c1-8-5-3-2-4-6-13(8)11(14)9-7-10(9)12(15)16/h8-10H,2-7H2,1H3,(H,15,16)/t8?,9-,10+/m1/s1. The first-order valence-electron chi connectivity index (χ1n) is 6.14. The van der Waals surface area contributed by atoms with Gasteiger partial charge >= 0.3 is 5.97 Å². The molecule has 1 amide bonds. The second kappa shape index (κ2) is 4.44. The molecule has 1 heterocycles. The number of amides is 1. The molecule has 4 heteroatoms. The first-order chi connectivity index (χ1) is 7.61. The predicted molar refractivity (Wildman–Crippen MR) is 58.9 cm³/mol. The van der Waals surface area contributed by atoms with Gasteiger partial charge in [0, 0.05) is 12.6 Å². The van der Waals surface area contributed by atoms with Crippen molar-refractivity contribution in [2.45, 2.75) is 45.1 Å². The van der Waals surface area contributed by atoms with E-state index in [1.165, 1.54) is 12.8 Å². The summed E-state index contributed by atoms with van der Waals surface area (Å²) in [5, 5.41) is 8.82. The van der Waals surface area contributed by atoms with Crippen molar-refractivity contribution in [1.82, 2.24) is 4.90 Å². The van der Waals surface area contributed by atoms with Gasteiger partial charge in [-0.15, -0.1) is 0 Å². The second-order valence-electron chi connectivity index (χ2n) is 5.02. The maximum absolute atomic E-state index is 12.1. The number of carbonyl (C=O) groups is 2. The average molecular weight is 225 g/mol. The maximum atomic E-state index is 12.1. The van der Waals surface area contributed by atoms with E-state index < -0.39 is 11.9 Å². The minimum Gasteiger partial charge on any atom is -0.481 e. The quantitative estimate of drug-likeness (QED) is 0.774. The van der Waals surface area contributed by atoms with Crippen LogP contribution >= 0.6 is 0 Å². The van der Waals surface area contributed by atoms with Crippen LogP contribution in [0.1, 0.15) is 39.0 Å². The fourth-order valence-electron chi connectivity index (χ4n) is 2.56. The number of hydrogen-bond donors (Lipinski definition) is 1. The molecular weight excluding hydrogens is 206 g/mol. The number of nitrogens with zero attached hydrogens (tertiary/aromatic N) is 1. The third-order valence-corrected chi connectivity index (χ3v) is 3.76. The van der Waals surface area contributed by atoms with E-state index in [4.69, 9.17) is 5.11 Å². The van der Waals surface area contributed by atoms with Crippen molar-refractivity contribution in [3.8, 4) is 0 Å². The molecule has 2 fully saturated rings. The monoisotopic (exact) mass is 225 g/mol. The molecule has 3 atom stereocenters. The number of carboxylic acid groups (broad SMARTS) is 1. The van der Waals surface area contributed by atoms with Crippen LogP contribution in [0, 0.1) is 11.8 Å². The number of carbonyl (C=O) groups excluding carboxylic acids is 1. The van der Waals surface area contributed by atoms with E-state index in [1.807, 2.05) is 4.90 Å². The van der Waals surface area contributed by atoms with Gasteiger partial charge in [-0.25, -0.2) is 0 Å². The summed E-state index contributed by atoms with van der Waals surface area (Å²) in [5.41, 5.74) is 0. The number of rotatable bonds is 2. The SMILES string of the molecule is CC1CCCCCN1C(=O)[C@@H]1C[C@@H]1C(=O)O. The normalized spacial score (nSPS) is 34.3. The Balaban J connectivity index is 1.96. The highest BCUT2D eigenvalue weighted by Gasteiger charge is 2.50. The number of carboxylic acids is 1. The molecule has 0 aromatic rings. The van der Waals surface area contributed by atoms with E-state index in [-0.39, 0.29) is 17.9 Å². The van der Waals surface area contributed by atoms with E-state index in [1.54, 1.807) is 0 Å². The summed E-state index contributed by atoms with van der Waals surface area (Å²) >= 11 is 0. The molecule has 90 valence electrons. The number of hydrogen-bond acceptors (Lipinski definition) is 2. The van der Waals surface area contributed by atoms with Crippen LogP contribution in [0.25, 0.3) is 0 Å². The van der Waals surface area contributed by atoms with Crippen molar-refractivity contribution in [3.05, 3.63) is 0 Å². The maximum Gasteiger partial charge on any atom is 0.307 e. The Bertz CT molecular complexity index is 303. The lowest BCUT2D eigenvalue weighted by atomic mass is 10.1. The first kappa shape index (κ1) is 11.4. The zero-order valence-electron chi connectivity index (χ0n) is 9.69. The number of likely N-dealkylation sites (tertiary alicyclic amines) is 1. The Morgan fingerprint density at radius 3 is 2.56 bits per heavy atom. The summed E-state index contributed by atoms with van der Waals surface area (Å²) in [6, 6.07) is 0.282. The van der Waals surface area contributed by atoms with Gasteiger partial charge in [0.1, 0.15) is 0 Å². The molecule has 4 nitrogen and oxygen atoms in total. The van der Waals surface area contributed by atoms with Gasteiger partial charge in [-0.05, 0) is 26.2 Å². The van der Waals surface area contributed by atoms with Crippen molar-refractivity contribution in [3.63, 3.8) is 0 Å². The zero-order chi connectivity index (χ0) is 11.7. The van der Waals surface area contributed by atoms with Crippen LogP contribution in [0.3, 0.4) is 0 Å². The third kappa shape index (κ3) is 2.20. The highest BCUT2D eigenvalue weighted by Crippen LogP contribution is 2.40. The van der Waals surface area contributed by atoms with Crippen LogP contribution in [0.2, 0.25) is 0 Å². The van der Waals surface area contributed by atoms with Crippen LogP contribution in [-0.2, 0) is 9.59 Å². The molecule has 1 aliphatic carbocycles. The van der Waals surface area contributed by atoms with Gasteiger partial charge in [0.05, 0.1) is 11.8 Å². The van der Waals surface area contributed by atoms with Crippen LogP contribution < -0.4 is 0 Å². The summed E-state index contributed by atoms with van der Waals surface area (Å²) in [6.45, 7) is 2.88. The van der Waals surface area contributed by atoms with Gasteiger partial charge in [0.15, 0.2) is 0 Å². The van der Waals surface area contributed by atoms with Gasteiger partial charge < -0.3 is 10.0 Å². The van der Waals surface area contributed by atoms with Gasteiger partial charge in [-0.3, -0.25) is 9.59 Å². The van der Waals surface area contributed by atoms with Crippen molar-refractivity contribution in [2.24, 2.45) is 11.8 Å². The molecule has 1 N–H and O–H groups in total. The lowest BCUT2D eigenvalue weighted by molar-refractivity contribution is -0.142. The van der Waals surface area contributed by atoms with Crippen molar-refractivity contribution in [1.29, 1.82) is 0 Å². The van der Waals surface area contributed by atoms with E-state index in [0.717, 1.165) is 19.4 Å². The van der Waals surface area contributed by atoms with Gasteiger partial charge in [-0.1, -0.05) is 12.8 Å². The topological polar surface area (TPSA) is 57.6 Å². The molecule has 0 aromatic heterocycles. The van der Waals surface area contributed by atoms with E-state index in [9.17, 15) is 9.59 Å². The van der Waals surface area contributed by atoms with Crippen LogP contribution in [0.15, 0.2) is 0 Å². The van der Waals surface area contributed by atoms with E-state index in [0.29, 0.717) is 6.42 Å². The predicted octanol–water partition coefficient (Wildman–Crippen LogP) is 1.50. The fraction of sp³-hybridized carbons (Fsp3) is 0.833. The van der Waals surface area contributed by atoms with Gasteiger partial charge in [0.2, 0.25) is 5.91 Å². The highest BCUT2D eigenvalue weighted by atomic mass is 16.4. The largest absolute Gasteiger partial charge is 0.481 e. The zero-order valence-corrected chi connectivity index (χ0v) is 9.69. The Morgan fingerprint density at radius 1 is 1.19 bits per heavy atom. The molecule has 0 aromatic carbocycles. The van der Waals surface area contributed by atoms with E-state index >= 15 is 0 Å². The number of aliphatic carboxylic acids is 1. The molecule has 2 aliphatic rings. The molecule has 1 saturated carbocycles. The summed E-state index contributed by atoms with van der Waals surface area (Å²) < 4.78 is 0. The summed E-state index contributed by atoms with van der Waals surface area (Å²) in [7, 11) is 0. The highest BCUT2D eigenvalue weighted by molar-refractivity contribution is 5.89. The lowest BCUT2D eigenvalue weighted by Gasteiger charge is -2.27. The van der Waals surface area contributed by atoms with E-state index in [2.05, 4.69) is 6.92 Å². The summed E-state index contributed by atoms with van der Waals surface area (Å²) in [6.07, 6.45) is 5.01. The summed E-state index contributed by atoms with van der Waals surface area (Å²) in [4.78, 5) is 24.7. The molecule has 1 saturated heterocycles. The molecule has 16 heavy (non-hydrogen) atoms. The smallest absolute Gasteiger partial charge is 0.307 e. The Kier molecular flexibility index (Phi) is 3.17.